The molecule has 0 saturated carbocycles. The second-order valence-corrected chi connectivity index (χ2v) is 5.93. The second-order valence-electron chi connectivity index (χ2n) is 5.93. The quantitative estimate of drug-likeness (QED) is 0.586. The molecule has 0 aromatic heterocycles. The smallest absolute Gasteiger partial charge is 0.337 e. The van der Waals surface area contributed by atoms with Gasteiger partial charge in [0.25, 0.3) is 0 Å². The van der Waals surface area contributed by atoms with Crippen molar-refractivity contribution in [2.45, 2.75) is 59.3 Å². The van der Waals surface area contributed by atoms with Crippen LogP contribution < -0.4 is 0 Å². The van der Waals surface area contributed by atoms with Gasteiger partial charge in [-0.15, -0.1) is 0 Å². The van der Waals surface area contributed by atoms with Crippen LogP contribution in [-0.4, -0.2) is 35.9 Å². The third-order valence-electron chi connectivity index (χ3n) is 2.89. The Hall–Kier alpha value is -1.65. The SMILES string of the molecule is CC(C)OC(=O)[C@@]1(C)C=C[C@](C)(C(=O)OC(C)C)N=C1. The fraction of sp³-hybridized carbons (Fsp3) is 0.667. The molecule has 5 nitrogen and oxygen atoms in total. The van der Waals surface area contributed by atoms with E-state index in [0.29, 0.717) is 0 Å². The Morgan fingerprint density at radius 3 is 1.85 bits per heavy atom. The lowest BCUT2D eigenvalue weighted by Crippen LogP contribution is -2.41. The van der Waals surface area contributed by atoms with Crippen LogP contribution in [0.5, 0.6) is 0 Å². The van der Waals surface area contributed by atoms with Gasteiger partial charge in [0.1, 0.15) is 5.41 Å². The van der Waals surface area contributed by atoms with Gasteiger partial charge in [0.15, 0.2) is 5.54 Å². The molecule has 0 amide bonds. The van der Waals surface area contributed by atoms with E-state index in [2.05, 4.69) is 4.99 Å². The van der Waals surface area contributed by atoms with E-state index in [9.17, 15) is 9.59 Å². The molecular formula is C15H23NO4. The fourth-order valence-corrected chi connectivity index (χ4v) is 1.61. The molecule has 112 valence electrons. The first kappa shape index (κ1) is 16.4. The van der Waals surface area contributed by atoms with Crippen molar-refractivity contribution in [3.05, 3.63) is 12.2 Å². The largest absolute Gasteiger partial charge is 0.462 e. The number of hydrogen-bond donors (Lipinski definition) is 0. The van der Waals surface area contributed by atoms with Crippen LogP contribution in [0.4, 0.5) is 0 Å². The molecule has 1 heterocycles. The summed E-state index contributed by atoms with van der Waals surface area (Å²) in [4.78, 5) is 28.2. The van der Waals surface area contributed by atoms with E-state index in [1.807, 2.05) is 0 Å². The van der Waals surface area contributed by atoms with Crippen LogP contribution in [0, 0.1) is 5.41 Å². The van der Waals surface area contributed by atoms with Gasteiger partial charge in [-0.25, -0.2) is 4.79 Å². The van der Waals surface area contributed by atoms with Crippen molar-refractivity contribution >= 4 is 18.2 Å². The lowest BCUT2D eigenvalue weighted by atomic mass is 9.85. The number of esters is 2. The number of aliphatic imine (C=N–C) groups is 1. The van der Waals surface area contributed by atoms with E-state index < -0.39 is 16.9 Å². The standard InChI is InChI=1S/C15H23NO4/c1-10(2)19-12(17)14(5)7-8-15(6,16-9-14)13(18)20-11(3)4/h7-11H,1-6H3/t14-,15+/m0/s1. The molecule has 1 aliphatic heterocycles. The van der Waals surface area contributed by atoms with Crippen LogP contribution in [0.3, 0.4) is 0 Å². The summed E-state index contributed by atoms with van der Waals surface area (Å²) in [5.41, 5.74) is -2.02. The molecule has 0 N–H and O–H groups in total. The van der Waals surface area contributed by atoms with E-state index in [1.54, 1.807) is 53.7 Å². The third kappa shape index (κ3) is 3.68. The molecule has 0 aliphatic carbocycles. The Balaban J connectivity index is 2.86. The highest BCUT2D eigenvalue weighted by Gasteiger charge is 2.40. The summed E-state index contributed by atoms with van der Waals surface area (Å²) in [5, 5.41) is 0. The van der Waals surface area contributed by atoms with Crippen LogP contribution in [0.2, 0.25) is 0 Å². The highest BCUT2D eigenvalue weighted by molar-refractivity contribution is 6.00. The van der Waals surface area contributed by atoms with E-state index in [-0.39, 0.29) is 18.2 Å². The summed E-state index contributed by atoms with van der Waals surface area (Å²) in [5.74, 6) is -0.814. The van der Waals surface area contributed by atoms with Crippen molar-refractivity contribution in [2.24, 2.45) is 10.4 Å². The molecule has 20 heavy (non-hydrogen) atoms. The maximum absolute atomic E-state index is 12.0. The predicted molar refractivity (Wildman–Crippen MR) is 76.6 cm³/mol. The summed E-state index contributed by atoms with van der Waals surface area (Å²) in [7, 11) is 0. The molecule has 0 radical (unpaired) electrons. The van der Waals surface area contributed by atoms with E-state index in [4.69, 9.17) is 9.47 Å². The maximum atomic E-state index is 12.0. The number of dihydropyridines is 1. The highest BCUT2D eigenvalue weighted by atomic mass is 16.5. The minimum Gasteiger partial charge on any atom is -0.462 e. The molecule has 0 fully saturated rings. The van der Waals surface area contributed by atoms with Crippen molar-refractivity contribution in [2.75, 3.05) is 0 Å². The summed E-state index contributed by atoms with van der Waals surface area (Å²) >= 11 is 0. The van der Waals surface area contributed by atoms with Crippen molar-refractivity contribution in [3.63, 3.8) is 0 Å². The Labute approximate surface area is 120 Å². The van der Waals surface area contributed by atoms with Crippen molar-refractivity contribution < 1.29 is 19.1 Å². The van der Waals surface area contributed by atoms with Crippen LogP contribution in [0.1, 0.15) is 41.5 Å². The molecule has 0 aromatic rings. The molecule has 2 atom stereocenters. The van der Waals surface area contributed by atoms with Gasteiger partial charge in [-0.3, -0.25) is 9.79 Å². The number of carbonyl (C=O) groups excluding carboxylic acids is 2. The molecule has 1 aliphatic rings. The lowest BCUT2D eigenvalue weighted by molar-refractivity contribution is -0.154. The van der Waals surface area contributed by atoms with E-state index in [0.717, 1.165) is 0 Å². The predicted octanol–water partition coefficient (Wildman–Crippen LogP) is 2.30. The topological polar surface area (TPSA) is 65.0 Å². The van der Waals surface area contributed by atoms with Gasteiger partial charge in [0.2, 0.25) is 0 Å². The first-order valence-electron chi connectivity index (χ1n) is 6.78. The molecule has 0 saturated heterocycles. The van der Waals surface area contributed by atoms with Gasteiger partial charge in [-0.05, 0) is 47.6 Å². The van der Waals surface area contributed by atoms with E-state index in [1.165, 1.54) is 6.21 Å². The fourth-order valence-electron chi connectivity index (χ4n) is 1.61. The Kier molecular flexibility index (Phi) is 4.73. The van der Waals surface area contributed by atoms with Crippen LogP contribution in [0.15, 0.2) is 17.1 Å². The third-order valence-corrected chi connectivity index (χ3v) is 2.89. The van der Waals surface area contributed by atoms with Crippen LogP contribution in [0.25, 0.3) is 0 Å². The molecule has 1 rings (SSSR count). The average Bonchev–Trinajstić information content (AvgIpc) is 2.31. The van der Waals surface area contributed by atoms with Gasteiger partial charge in [0, 0.05) is 6.21 Å². The number of carbonyl (C=O) groups is 2. The Morgan fingerprint density at radius 2 is 1.45 bits per heavy atom. The first-order chi connectivity index (χ1) is 9.09. The van der Waals surface area contributed by atoms with Gasteiger partial charge in [0.05, 0.1) is 12.2 Å². The summed E-state index contributed by atoms with van der Waals surface area (Å²) in [6.45, 7) is 10.5. The highest BCUT2D eigenvalue weighted by Crippen LogP contribution is 2.29. The summed E-state index contributed by atoms with van der Waals surface area (Å²) in [6, 6.07) is 0. The van der Waals surface area contributed by atoms with Gasteiger partial charge >= 0.3 is 11.9 Å². The minimum atomic E-state index is -1.08. The zero-order chi connectivity index (χ0) is 15.6. The van der Waals surface area contributed by atoms with Crippen molar-refractivity contribution in [3.8, 4) is 0 Å². The van der Waals surface area contributed by atoms with Gasteiger partial charge in [-0.2, -0.15) is 0 Å². The van der Waals surface area contributed by atoms with Gasteiger partial charge < -0.3 is 9.47 Å². The normalized spacial score (nSPS) is 28.8. The zero-order valence-electron chi connectivity index (χ0n) is 13.0. The lowest BCUT2D eigenvalue weighted by Gasteiger charge is -2.29. The monoisotopic (exact) mass is 281 g/mol. The van der Waals surface area contributed by atoms with Crippen LogP contribution in [-0.2, 0) is 19.1 Å². The first-order valence-corrected chi connectivity index (χ1v) is 6.78. The zero-order valence-corrected chi connectivity index (χ0v) is 13.0. The van der Waals surface area contributed by atoms with E-state index >= 15 is 0 Å². The number of rotatable bonds is 4. The average molecular weight is 281 g/mol. The number of hydrogen-bond acceptors (Lipinski definition) is 5. The molecule has 5 heteroatoms. The van der Waals surface area contributed by atoms with Gasteiger partial charge in [-0.1, -0.05) is 6.08 Å². The maximum Gasteiger partial charge on any atom is 0.337 e. The summed E-state index contributed by atoms with van der Waals surface area (Å²) < 4.78 is 10.4. The minimum absolute atomic E-state index is 0.194. The second kappa shape index (κ2) is 5.77. The molecule has 0 bridgehead atoms. The summed E-state index contributed by atoms with van der Waals surface area (Å²) in [6.07, 6.45) is 4.30. The molecule has 0 spiro atoms. The molecular weight excluding hydrogens is 258 g/mol. The molecule has 0 aromatic carbocycles. The molecule has 0 unspecified atom stereocenters. The Bertz CT molecular complexity index is 395. The number of nitrogens with zero attached hydrogens (tertiary/aromatic N) is 1. The number of ether oxygens (including phenoxy) is 2. The Morgan fingerprint density at radius 1 is 0.950 bits per heavy atom. The van der Waals surface area contributed by atoms with Crippen LogP contribution >= 0.6 is 0 Å². The van der Waals surface area contributed by atoms with Crippen molar-refractivity contribution in [1.82, 2.24) is 0 Å². The van der Waals surface area contributed by atoms with Crippen molar-refractivity contribution in [1.29, 1.82) is 0 Å².